The molecule has 88 valence electrons. The van der Waals surface area contributed by atoms with Crippen LogP contribution >= 0.6 is 0 Å². The SMILES string of the molecule is NCc1ccnnc1Oc1ccc(F)c(F)c1. The van der Waals surface area contributed by atoms with Crippen LogP contribution in [-0.2, 0) is 6.54 Å². The highest BCUT2D eigenvalue weighted by Gasteiger charge is 2.08. The highest BCUT2D eigenvalue weighted by atomic mass is 19.2. The minimum atomic E-state index is -0.985. The van der Waals surface area contributed by atoms with Gasteiger partial charge < -0.3 is 10.5 Å². The summed E-state index contributed by atoms with van der Waals surface area (Å²) in [4.78, 5) is 0. The van der Waals surface area contributed by atoms with E-state index >= 15 is 0 Å². The lowest BCUT2D eigenvalue weighted by atomic mass is 10.3. The van der Waals surface area contributed by atoms with Gasteiger partial charge in [0, 0.05) is 18.2 Å². The molecular formula is C11H9F2N3O. The number of nitrogens with two attached hydrogens (primary N) is 1. The average Bonchev–Trinajstić information content (AvgIpc) is 2.34. The first kappa shape index (κ1) is 11.4. The molecule has 0 spiro atoms. The molecule has 0 amide bonds. The van der Waals surface area contributed by atoms with Gasteiger partial charge in [-0.25, -0.2) is 8.78 Å². The van der Waals surface area contributed by atoms with Crippen molar-refractivity contribution in [3.05, 3.63) is 47.7 Å². The van der Waals surface area contributed by atoms with Gasteiger partial charge in [-0.3, -0.25) is 0 Å². The van der Waals surface area contributed by atoms with Crippen molar-refractivity contribution in [1.82, 2.24) is 10.2 Å². The van der Waals surface area contributed by atoms with Crippen molar-refractivity contribution < 1.29 is 13.5 Å². The van der Waals surface area contributed by atoms with Crippen molar-refractivity contribution in [3.63, 3.8) is 0 Å². The van der Waals surface area contributed by atoms with E-state index in [1.165, 1.54) is 12.3 Å². The number of nitrogens with zero attached hydrogens (tertiary/aromatic N) is 2. The number of ether oxygens (including phenoxy) is 1. The Kier molecular flexibility index (Phi) is 3.24. The predicted octanol–water partition coefficient (Wildman–Crippen LogP) is 2.01. The third-order valence-electron chi connectivity index (χ3n) is 2.09. The zero-order valence-electron chi connectivity index (χ0n) is 8.73. The van der Waals surface area contributed by atoms with Crippen molar-refractivity contribution in [2.24, 2.45) is 5.73 Å². The first-order valence-corrected chi connectivity index (χ1v) is 4.84. The van der Waals surface area contributed by atoms with E-state index in [1.54, 1.807) is 6.07 Å². The number of aromatic nitrogens is 2. The molecule has 0 atom stereocenters. The third kappa shape index (κ3) is 2.54. The smallest absolute Gasteiger partial charge is 0.243 e. The van der Waals surface area contributed by atoms with E-state index in [9.17, 15) is 8.78 Å². The largest absolute Gasteiger partial charge is 0.437 e. The molecule has 6 heteroatoms. The van der Waals surface area contributed by atoms with Crippen molar-refractivity contribution in [1.29, 1.82) is 0 Å². The van der Waals surface area contributed by atoms with Crippen molar-refractivity contribution in [2.45, 2.75) is 6.54 Å². The Morgan fingerprint density at radius 1 is 1.18 bits per heavy atom. The Morgan fingerprint density at radius 3 is 2.71 bits per heavy atom. The first-order valence-electron chi connectivity index (χ1n) is 4.84. The molecule has 0 bridgehead atoms. The molecule has 0 aliphatic carbocycles. The molecule has 0 saturated heterocycles. The fraction of sp³-hybridized carbons (Fsp3) is 0.0909. The van der Waals surface area contributed by atoms with Crippen molar-refractivity contribution in [2.75, 3.05) is 0 Å². The van der Waals surface area contributed by atoms with Crippen molar-refractivity contribution >= 4 is 0 Å². The van der Waals surface area contributed by atoms with Crippen LogP contribution in [0, 0.1) is 11.6 Å². The van der Waals surface area contributed by atoms with Gasteiger partial charge in [0.2, 0.25) is 5.88 Å². The lowest BCUT2D eigenvalue weighted by Gasteiger charge is -2.07. The fourth-order valence-corrected chi connectivity index (χ4v) is 1.24. The predicted molar refractivity (Wildman–Crippen MR) is 56.4 cm³/mol. The number of hydrogen-bond acceptors (Lipinski definition) is 4. The highest BCUT2D eigenvalue weighted by Crippen LogP contribution is 2.23. The second kappa shape index (κ2) is 4.84. The van der Waals surface area contributed by atoms with E-state index < -0.39 is 11.6 Å². The van der Waals surface area contributed by atoms with Crippen LogP contribution in [0.15, 0.2) is 30.5 Å². The Balaban J connectivity index is 2.28. The summed E-state index contributed by atoms with van der Waals surface area (Å²) in [6.07, 6.45) is 1.47. The zero-order valence-corrected chi connectivity index (χ0v) is 8.73. The van der Waals surface area contributed by atoms with Crippen molar-refractivity contribution in [3.8, 4) is 11.6 Å². The molecule has 4 nitrogen and oxygen atoms in total. The summed E-state index contributed by atoms with van der Waals surface area (Å²) in [5.74, 6) is -1.60. The van der Waals surface area contributed by atoms with E-state index in [-0.39, 0.29) is 18.2 Å². The van der Waals surface area contributed by atoms with Gasteiger partial charge in [-0.15, -0.1) is 5.10 Å². The minimum Gasteiger partial charge on any atom is -0.437 e. The molecule has 2 rings (SSSR count). The number of benzene rings is 1. The molecule has 0 aliphatic rings. The van der Waals surface area contributed by atoms with Crippen LogP contribution in [0.25, 0.3) is 0 Å². The number of halogens is 2. The molecule has 2 N–H and O–H groups in total. The molecular weight excluding hydrogens is 228 g/mol. The molecule has 0 saturated carbocycles. The summed E-state index contributed by atoms with van der Waals surface area (Å²) in [7, 11) is 0. The lowest BCUT2D eigenvalue weighted by molar-refractivity contribution is 0.436. The summed E-state index contributed by atoms with van der Waals surface area (Å²) >= 11 is 0. The highest BCUT2D eigenvalue weighted by molar-refractivity contribution is 5.31. The topological polar surface area (TPSA) is 61.0 Å². The van der Waals surface area contributed by atoms with E-state index in [4.69, 9.17) is 10.5 Å². The van der Waals surface area contributed by atoms with Crippen LogP contribution in [0.5, 0.6) is 11.6 Å². The average molecular weight is 237 g/mol. The van der Waals surface area contributed by atoms with Crippen LogP contribution in [0.4, 0.5) is 8.78 Å². The standard InChI is InChI=1S/C11H9F2N3O/c12-9-2-1-8(5-10(9)13)17-11-7(6-14)3-4-15-16-11/h1-5H,6,14H2. The molecule has 0 aliphatic heterocycles. The quantitative estimate of drug-likeness (QED) is 0.886. The van der Waals surface area contributed by atoms with Gasteiger partial charge in [0.25, 0.3) is 0 Å². The molecule has 1 aromatic carbocycles. The van der Waals surface area contributed by atoms with Gasteiger partial charge in [0.05, 0.1) is 6.20 Å². The maximum Gasteiger partial charge on any atom is 0.243 e. The summed E-state index contributed by atoms with van der Waals surface area (Å²) in [6.45, 7) is 0.217. The molecule has 1 aromatic heterocycles. The van der Waals surface area contributed by atoms with E-state index in [2.05, 4.69) is 10.2 Å². The molecule has 0 fully saturated rings. The van der Waals surface area contributed by atoms with Crippen LogP contribution in [-0.4, -0.2) is 10.2 Å². The maximum absolute atomic E-state index is 12.9. The number of hydrogen-bond donors (Lipinski definition) is 1. The van der Waals surface area contributed by atoms with Gasteiger partial charge in [-0.05, 0) is 18.2 Å². The maximum atomic E-state index is 12.9. The van der Waals surface area contributed by atoms with Crippen LogP contribution in [0.2, 0.25) is 0 Å². The molecule has 0 radical (unpaired) electrons. The molecule has 17 heavy (non-hydrogen) atoms. The Labute approximate surface area is 96.0 Å². The molecule has 2 aromatic rings. The van der Waals surface area contributed by atoms with Crippen LogP contribution in [0.1, 0.15) is 5.56 Å². The van der Waals surface area contributed by atoms with Gasteiger partial charge in [0.15, 0.2) is 11.6 Å². The summed E-state index contributed by atoms with van der Waals surface area (Å²) < 4.78 is 30.9. The second-order valence-electron chi connectivity index (χ2n) is 3.24. The Bertz CT molecular complexity index is 534. The minimum absolute atomic E-state index is 0.138. The fourth-order valence-electron chi connectivity index (χ4n) is 1.24. The van der Waals surface area contributed by atoms with Gasteiger partial charge >= 0.3 is 0 Å². The number of rotatable bonds is 3. The van der Waals surface area contributed by atoms with Crippen LogP contribution in [0.3, 0.4) is 0 Å². The van der Waals surface area contributed by atoms with Gasteiger partial charge in [0.1, 0.15) is 5.75 Å². The zero-order chi connectivity index (χ0) is 12.3. The van der Waals surface area contributed by atoms with E-state index in [0.717, 1.165) is 12.1 Å². The summed E-state index contributed by atoms with van der Waals surface area (Å²) in [6, 6.07) is 4.85. The monoisotopic (exact) mass is 237 g/mol. The normalized spacial score (nSPS) is 10.3. The summed E-state index contributed by atoms with van der Waals surface area (Å²) in [5, 5.41) is 7.36. The Hall–Kier alpha value is -2.08. The van der Waals surface area contributed by atoms with Gasteiger partial charge in [-0.1, -0.05) is 0 Å². The third-order valence-corrected chi connectivity index (χ3v) is 2.09. The summed E-state index contributed by atoms with van der Waals surface area (Å²) in [5.41, 5.74) is 6.11. The van der Waals surface area contributed by atoms with Crippen LogP contribution < -0.4 is 10.5 Å². The van der Waals surface area contributed by atoms with Gasteiger partial charge in [-0.2, -0.15) is 5.10 Å². The molecule has 0 unspecified atom stereocenters. The Morgan fingerprint density at radius 2 is 2.00 bits per heavy atom. The second-order valence-corrected chi connectivity index (χ2v) is 3.24. The lowest BCUT2D eigenvalue weighted by Crippen LogP contribution is -2.02. The molecule has 1 heterocycles. The first-order chi connectivity index (χ1) is 8.20. The van der Waals surface area contributed by atoms with E-state index in [1.807, 2.05) is 0 Å². The van der Waals surface area contributed by atoms with E-state index in [0.29, 0.717) is 5.56 Å².